The minimum atomic E-state index is -0.0852. The van der Waals surface area contributed by atoms with Gasteiger partial charge >= 0.3 is 0 Å². The quantitative estimate of drug-likeness (QED) is 0.317. The van der Waals surface area contributed by atoms with Crippen molar-refractivity contribution in [3.63, 3.8) is 0 Å². The van der Waals surface area contributed by atoms with Crippen LogP contribution < -0.4 is 9.64 Å². The monoisotopic (exact) mass is 433 g/mol. The summed E-state index contributed by atoms with van der Waals surface area (Å²) < 4.78 is 5.25. The maximum absolute atomic E-state index is 13.5. The number of benzene rings is 2. The molecule has 5 heteroatoms. The first-order valence-electron chi connectivity index (χ1n) is 11.8. The summed E-state index contributed by atoms with van der Waals surface area (Å²) in [4.78, 5) is 22.4. The smallest absolute Gasteiger partial charge is 0.283 e. The van der Waals surface area contributed by atoms with E-state index in [1.807, 2.05) is 60.7 Å². The highest BCUT2D eigenvalue weighted by Gasteiger charge is 2.34. The van der Waals surface area contributed by atoms with Crippen LogP contribution in [-0.2, 0) is 4.79 Å². The molecule has 0 spiro atoms. The van der Waals surface area contributed by atoms with Gasteiger partial charge in [0, 0.05) is 13.1 Å². The maximum atomic E-state index is 13.5. The Hall–Kier alpha value is -3.08. The van der Waals surface area contributed by atoms with Crippen molar-refractivity contribution in [2.45, 2.75) is 52.4 Å². The van der Waals surface area contributed by atoms with Crippen molar-refractivity contribution in [3.8, 4) is 5.75 Å². The third kappa shape index (κ3) is 6.00. The number of methoxy groups -OCH3 is 1. The summed E-state index contributed by atoms with van der Waals surface area (Å²) in [6.07, 6.45) is 8.72. The Kier molecular flexibility index (Phi) is 8.90. The van der Waals surface area contributed by atoms with E-state index in [1.54, 1.807) is 12.0 Å². The summed E-state index contributed by atoms with van der Waals surface area (Å²) in [6, 6.07) is 17.5. The Labute approximate surface area is 192 Å². The van der Waals surface area contributed by atoms with Gasteiger partial charge in [0.05, 0.1) is 12.8 Å². The van der Waals surface area contributed by atoms with Crippen molar-refractivity contribution >= 4 is 23.6 Å². The molecular weight excluding hydrogens is 398 g/mol. The number of nitrogens with zero attached hydrogens (tertiary/aromatic N) is 3. The van der Waals surface area contributed by atoms with Crippen molar-refractivity contribution in [2.24, 2.45) is 4.99 Å². The minimum absolute atomic E-state index is 0.0852. The number of ether oxygens (including phenoxy) is 1. The average molecular weight is 434 g/mol. The van der Waals surface area contributed by atoms with E-state index in [1.165, 1.54) is 25.7 Å². The van der Waals surface area contributed by atoms with Gasteiger partial charge < -0.3 is 9.64 Å². The molecule has 32 heavy (non-hydrogen) atoms. The fourth-order valence-corrected chi connectivity index (χ4v) is 3.80. The molecule has 0 saturated carbocycles. The van der Waals surface area contributed by atoms with Crippen LogP contribution in [0.2, 0.25) is 0 Å². The van der Waals surface area contributed by atoms with Gasteiger partial charge in [-0.1, -0.05) is 69.9 Å². The Morgan fingerprint density at radius 2 is 1.53 bits per heavy atom. The zero-order valence-electron chi connectivity index (χ0n) is 19.6. The fraction of sp³-hybridized carbons (Fsp3) is 0.407. The Morgan fingerprint density at radius 3 is 2.09 bits per heavy atom. The molecule has 0 saturated heterocycles. The molecule has 0 aromatic heterocycles. The zero-order chi connectivity index (χ0) is 22.8. The van der Waals surface area contributed by atoms with Crippen LogP contribution in [0.1, 0.15) is 57.9 Å². The largest absolute Gasteiger partial charge is 0.497 e. The minimum Gasteiger partial charge on any atom is -0.497 e. The van der Waals surface area contributed by atoms with E-state index in [4.69, 9.17) is 9.73 Å². The first kappa shape index (κ1) is 23.6. The molecule has 0 bridgehead atoms. The molecule has 3 rings (SSSR count). The molecule has 1 aliphatic rings. The zero-order valence-corrected chi connectivity index (χ0v) is 19.6. The van der Waals surface area contributed by atoms with Crippen molar-refractivity contribution in [3.05, 3.63) is 65.9 Å². The molecule has 0 radical (unpaired) electrons. The third-order valence-corrected chi connectivity index (χ3v) is 5.62. The highest BCUT2D eigenvalue weighted by atomic mass is 16.5. The van der Waals surface area contributed by atoms with E-state index >= 15 is 0 Å². The van der Waals surface area contributed by atoms with Gasteiger partial charge in [-0.25, -0.2) is 9.89 Å². The first-order valence-corrected chi connectivity index (χ1v) is 11.8. The molecule has 170 valence electrons. The summed E-state index contributed by atoms with van der Waals surface area (Å²) >= 11 is 0. The molecule has 2 aromatic carbocycles. The molecule has 0 atom stereocenters. The van der Waals surface area contributed by atoms with Crippen LogP contribution in [0.15, 0.2) is 65.3 Å². The summed E-state index contributed by atoms with van der Waals surface area (Å²) in [7, 11) is 1.65. The van der Waals surface area contributed by atoms with Crippen LogP contribution in [0.3, 0.4) is 0 Å². The number of carbonyl (C=O) groups excluding carboxylic acids is 1. The molecule has 1 heterocycles. The van der Waals surface area contributed by atoms with Crippen LogP contribution in [-0.4, -0.2) is 37.0 Å². The van der Waals surface area contributed by atoms with E-state index in [2.05, 4.69) is 18.7 Å². The second-order valence-electron chi connectivity index (χ2n) is 8.09. The number of amides is 1. The molecule has 0 N–H and O–H groups in total. The van der Waals surface area contributed by atoms with Crippen LogP contribution in [0, 0.1) is 0 Å². The highest BCUT2D eigenvalue weighted by Crippen LogP contribution is 2.27. The van der Waals surface area contributed by atoms with Crippen molar-refractivity contribution in [2.75, 3.05) is 25.1 Å². The Morgan fingerprint density at radius 1 is 0.906 bits per heavy atom. The lowest BCUT2D eigenvalue weighted by molar-refractivity contribution is -0.113. The molecule has 0 fully saturated rings. The lowest BCUT2D eigenvalue weighted by Gasteiger charge is -2.29. The number of rotatable bonds is 11. The first-order chi connectivity index (χ1) is 15.7. The van der Waals surface area contributed by atoms with E-state index < -0.39 is 0 Å². The Bertz CT molecular complexity index is 910. The number of hydrogen-bond donors (Lipinski definition) is 0. The second-order valence-corrected chi connectivity index (χ2v) is 8.09. The number of unbranched alkanes of at least 4 members (excludes halogenated alkanes) is 4. The summed E-state index contributed by atoms with van der Waals surface area (Å²) in [5.74, 6) is 1.45. The SMILES string of the molecule is CCCCCN(CCCCC)C1=N/C(=C\c2ccc(OC)cc2)C(=O)N1c1ccccc1. The van der Waals surface area contributed by atoms with E-state index in [0.29, 0.717) is 5.70 Å². The summed E-state index contributed by atoms with van der Waals surface area (Å²) in [6.45, 7) is 6.24. The molecule has 0 aliphatic carbocycles. The molecular formula is C27H35N3O2. The normalized spacial score (nSPS) is 14.7. The van der Waals surface area contributed by atoms with Crippen LogP contribution in [0.4, 0.5) is 5.69 Å². The molecule has 1 aliphatic heterocycles. The van der Waals surface area contributed by atoms with Crippen molar-refractivity contribution in [1.82, 2.24) is 4.90 Å². The van der Waals surface area contributed by atoms with Crippen LogP contribution in [0.5, 0.6) is 5.75 Å². The number of aliphatic imine (C=N–C) groups is 1. The van der Waals surface area contributed by atoms with Crippen molar-refractivity contribution in [1.29, 1.82) is 0 Å². The lowest BCUT2D eigenvalue weighted by Crippen LogP contribution is -2.45. The van der Waals surface area contributed by atoms with Gasteiger partial charge in [-0.05, 0) is 48.7 Å². The molecule has 2 aromatic rings. The van der Waals surface area contributed by atoms with Gasteiger partial charge in [0.25, 0.3) is 5.91 Å². The van der Waals surface area contributed by atoms with Gasteiger partial charge in [-0.15, -0.1) is 0 Å². The second kappa shape index (κ2) is 12.1. The third-order valence-electron chi connectivity index (χ3n) is 5.62. The van der Waals surface area contributed by atoms with Gasteiger partial charge in [-0.2, -0.15) is 0 Å². The number of carbonyl (C=O) groups is 1. The standard InChI is InChI=1S/C27H35N3O2/c1-4-6-11-19-29(20-12-7-5-2)27-28-25(21-22-15-17-24(32-3)18-16-22)26(31)30(27)23-13-9-8-10-14-23/h8-10,13-18,21H,4-7,11-12,19-20H2,1-3H3/b25-21-. The lowest BCUT2D eigenvalue weighted by atomic mass is 10.2. The fourth-order valence-electron chi connectivity index (χ4n) is 3.80. The maximum Gasteiger partial charge on any atom is 0.283 e. The Balaban J connectivity index is 1.96. The number of hydrogen-bond acceptors (Lipinski definition) is 4. The van der Waals surface area contributed by atoms with Gasteiger partial charge in [0.2, 0.25) is 5.96 Å². The highest BCUT2D eigenvalue weighted by molar-refractivity contribution is 6.28. The molecule has 5 nitrogen and oxygen atoms in total. The van der Waals surface area contributed by atoms with Gasteiger partial charge in [-0.3, -0.25) is 4.79 Å². The molecule has 1 amide bonds. The van der Waals surface area contributed by atoms with E-state index in [0.717, 1.165) is 48.9 Å². The van der Waals surface area contributed by atoms with E-state index in [-0.39, 0.29) is 5.91 Å². The van der Waals surface area contributed by atoms with Crippen molar-refractivity contribution < 1.29 is 9.53 Å². The van der Waals surface area contributed by atoms with Gasteiger partial charge in [0.1, 0.15) is 11.4 Å². The number of guanidine groups is 1. The van der Waals surface area contributed by atoms with Crippen LogP contribution >= 0.6 is 0 Å². The topological polar surface area (TPSA) is 45.1 Å². The average Bonchev–Trinajstić information content (AvgIpc) is 3.15. The molecule has 0 unspecified atom stereocenters. The summed E-state index contributed by atoms with van der Waals surface area (Å²) in [5.41, 5.74) is 2.24. The van der Waals surface area contributed by atoms with Gasteiger partial charge in [0.15, 0.2) is 0 Å². The van der Waals surface area contributed by atoms with Crippen LogP contribution in [0.25, 0.3) is 6.08 Å². The number of para-hydroxylation sites is 1. The predicted octanol–water partition coefficient (Wildman–Crippen LogP) is 6.12. The predicted molar refractivity (Wildman–Crippen MR) is 133 cm³/mol. The number of anilines is 1. The summed E-state index contributed by atoms with van der Waals surface area (Å²) in [5, 5.41) is 0. The van der Waals surface area contributed by atoms with E-state index in [9.17, 15) is 4.79 Å².